The van der Waals surface area contributed by atoms with Gasteiger partial charge in [-0.25, -0.2) is 0 Å². The van der Waals surface area contributed by atoms with Crippen molar-refractivity contribution in [3.63, 3.8) is 0 Å². The van der Waals surface area contributed by atoms with Gasteiger partial charge in [0.15, 0.2) is 0 Å². The average Bonchev–Trinajstić information content (AvgIpc) is 3.57. The first-order valence-corrected chi connectivity index (χ1v) is 20.9. The zero-order valence-electron chi connectivity index (χ0n) is 32.1. The van der Waals surface area contributed by atoms with E-state index in [0.717, 1.165) is 49.9 Å². The number of pyridine rings is 2. The molecule has 0 saturated heterocycles. The van der Waals surface area contributed by atoms with Crippen LogP contribution in [0.3, 0.4) is 0 Å². The molecule has 0 spiro atoms. The Bertz CT molecular complexity index is 2490. The number of benzene rings is 5. The normalized spacial score (nSPS) is 12.1. The van der Waals surface area contributed by atoms with Gasteiger partial charge in [-0.2, -0.15) is 0 Å². The molecule has 0 aliphatic rings. The van der Waals surface area contributed by atoms with Crippen molar-refractivity contribution in [2.75, 3.05) is 0 Å². The van der Waals surface area contributed by atoms with E-state index < -0.39 is 14.4 Å². The van der Waals surface area contributed by atoms with Crippen LogP contribution in [0.15, 0.2) is 150 Å². The second kappa shape index (κ2) is 16.2. The molecule has 0 aliphatic carbocycles. The molecule has 0 bridgehead atoms. The van der Waals surface area contributed by atoms with Crippen LogP contribution in [-0.4, -0.2) is 18.0 Å². The van der Waals surface area contributed by atoms with Crippen molar-refractivity contribution in [3.05, 3.63) is 164 Å². The molecule has 8 aromatic rings. The number of rotatable bonds is 7. The van der Waals surface area contributed by atoms with Crippen LogP contribution >= 0.6 is 0 Å². The van der Waals surface area contributed by atoms with Gasteiger partial charge in [-0.15, -0.1) is 53.6 Å². The van der Waals surface area contributed by atoms with Crippen molar-refractivity contribution < 1.29 is 27.3 Å². The van der Waals surface area contributed by atoms with Gasteiger partial charge in [-0.05, 0) is 57.7 Å². The fraction of sp³-hybridized carbons (Fsp3) is 0.149. The number of furan rings is 1. The minimum atomic E-state index is -1.44. The molecule has 3 heterocycles. The van der Waals surface area contributed by atoms with Crippen molar-refractivity contribution in [1.82, 2.24) is 9.97 Å². The molecule has 3 aromatic heterocycles. The zero-order valence-corrected chi connectivity index (χ0v) is 33.5. The largest absolute Gasteiger partial charge is 0.501 e. The van der Waals surface area contributed by atoms with Crippen LogP contribution in [0.5, 0.6) is 0 Å². The summed E-state index contributed by atoms with van der Waals surface area (Å²) in [7, 11) is -1.29. The predicted octanol–water partition coefficient (Wildman–Crippen LogP) is 12.1. The summed E-state index contributed by atoms with van der Waals surface area (Å²) in [6.45, 7) is 10.8. The van der Waals surface area contributed by atoms with Gasteiger partial charge in [0.2, 0.25) is 0 Å². The summed E-state index contributed by atoms with van der Waals surface area (Å²) in [5.41, 5.74) is 10.2. The van der Waals surface area contributed by atoms with E-state index in [2.05, 4.69) is 121 Å². The third kappa shape index (κ3) is 8.40. The third-order valence-corrected chi connectivity index (χ3v) is 10.9. The van der Waals surface area contributed by atoms with E-state index in [-0.39, 0.29) is 26.0 Å². The molecule has 3 nitrogen and oxygen atoms in total. The van der Waals surface area contributed by atoms with E-state index in [1.165, 1.54) is 16.3 Å². The second-order valence-electron chi connectivity index (χ2n) is 14.0. The molecule has 0 aliphatic heterocycles. The van der Waals surface area contributed by atoms with Crippen LogP contribution in [0.2, 0.25) is 19.6 Å². The quantitative estimate of drug-likeness (QED) is 0.118. The van der Waals surface area contributed by atoms with Crippen LogP contribution in [-0.2, 0) is 26.5 Å². The summed E-state index contributed by atoms with van der Waals surface area (Å²) in [5, 5.41) is 3.43. The molecule has 0 atom stereocenters. The summed E-state index contributed by atoms with van der Waals surface area (Å²) < 4.78 is 23.2. The Morgan fingerprint density at radius 1 is 0.673 bits per heavy atom. The predicted molar refractivity (Wildman–Crippen MR) is 217 cm³/mol. The fourth-order valence-electron chi connectivity index (χ4n) is 6.15. The Labute approximate surface area is 325 Å². The van der Waals surface area contributed by atoms with Crippen molar-refractivity contribution in [3.8, 4) is 44.8 Å². The van der Waals surface area contributed by atoms with Gasteiger partial charge in [0.05, 0.1) is 13.7 Å². The maximum atomic E-state index is 8.44. The summed E-state index contributed by atoms with van der Waals surface area (Å²) in [4.78, 5) is 9.16. The second-order valence-corrected chi connectivity index (χ2v) is 19.1. The molecule has 0 amide bonds. The van der Waals surface area contributed by atoms with Crippen LogP contribution in [0.4, 0.5) is 0 Å². The molecule has 52 heavy (non-hydrogen) atoms. The summed E-state index contributed by atoms with van der Waals surface area (Å²) in [6, 6.07) is 51.5. The van der Waals surface area contributed by atoms with E-state index in [1.54, 1.807) is 12.3 Å². The first kappa shape index (κ1) is 34.2. The standard InChI is InChI=1S/C27H22NO.C20H20NSi.Ir/c1-18(2)15-19-13-14-28-25(16-19)24-10-6-9-23-22-12-11-21(17-26(22)29-27(23)24)20-7-4-3-5-8-20;1-22(2,3)19-12-13-20(21-15-19)18-11-7-10-17(14-18)16-8-5-4-6-9-16;/h3-9,11-14,16-18H,15H2,1-2H3;4-10,12-15H,1-3H3;/q2*-1;/i15D2;;. The minimum Gasteiger partial charge on any atom is -0.501 e. The van der Waals surface area contributed by atoms with Gasteiger partial charge in [0.25, 0.3) is 0 Å². The summed E-state index contributed by atoms with van der Waals surface area (Å²) in [5.74, 6) is -0.148. The topological polar surface area (TPSA) is 38.9 Å². The Hall–Kier alpha value is -4.93. The van der Waals surface area contributed by atoms with Gasteiger partial charge >= 0.3 is 0 Å². The third-order valence-electron chi connectivity index (χ3n) is 8.83. The van der Waals surface area contributed by atoms with Crippen molar-refractivity contribution in [1.29, 1.82) is 0 Å². The van der Waals surface area contributed by atoms with E-state index in [9.17, 15) is 0 Å². The number of aromatic nitrogens is 2. The van der Waals surface area contributed by atoms with Crippen LogP contribution in [0, 0.1) is 18.1 Å². The van der Waals surface area contributed by atoms with Gasteiger partial charge in [-0.1, -0.05) is 141 Å². The minimum absolute atomic E-state index is 0. The molecule has 0 unspecified atom stereocenters. The van der Waals surface area contributed by atoms with Crippen LogP contribution < -0.4 is 5.19 Å². The van der Waals surface area contributed by atoms with Gasteiger partial charge in [-0.3, -0.25) is 0 Å². The molecule has 1 radical (unpaired) electrons. The van der Waals surface area contributed by atoms with Gasteiger partial charge < -0.3 is 14.4 Å². The fourth-order valence-corrected chi connectivity index (χ4v) is 7.19. The van der Waals surface area contributed by atoms with Crippen molar-refractivity contribution in [2.24, 2.45) is 5.92 Å². The molecule has 5 aromatic carbocycles. The summed E-state index contributed by atoms with van der Waals surface area (Å²) >= 11 is 0. The van der Waals surface area contributed by atoms with E-state index in [4.69, 9.17) is 7.16 Å². The first-order chi connectivity index (χ1) is 25.5. The van der Waals surface area contributed by atoms with Crippen LogP contribution in [0.1, 0.15) is 22.2 Å². The molecular formula is C47H42IrN2OSi-2. The van der Waals surface area contributed by atoms with Crippen molar-refractivity contribution >= 4 is 35.2 Å². The Balaban J connectivity index is 0.000000191. The number of fused-ring (bicyclic) bond motifs is 3. The summed E-state index contributed by atoms with van der Waals surface area (Å²) in [6.07, 6.45) is 2.25. The maximum Gasteiger partial charge on any atom is 0.121 e. The van der Waals surface area contributed by atoms with E-state index >= 15 is 0 Å². The molecule has 0 N–H and O–H groups in total. The maximum absolute atomic E-state index is 8.44. The smallest absolute Gasteiger partial charge is 0.121 e. The number of hydrogen-bond donors (Lipinski definition) is 0. The van der Waals surface area contributed by atoms with Crippen LogP contribution in [0.25, 0.3) is 66.7 Å². The molecular weight excluding hydrogens is 829 g/mol. The van der Waals surface area contributed by atoms with E-state index in [1.807, 2.05) is 68.6 Å². The number of nitrogens with zero attached hydrogens (tertiary/aromatic N) is 2. The molecule has 5 heteroatoms. The molecule has 0 saturated carbocycles. The zero-order chi connectivity index (χ0) is 37.2. The molecule has 8 rings (SSSR count). The molecule has 0 fully saturated rings. The van der Waals surface area contributed by atoms with Crippen molar-refractivity contribution in [2.45, 2.75) is 39.9 Å². The SMILES string of the molecule is C[Si](C)(C)c1ccc(-c2[c-]ccc(-c3ccccc3)c2)nc1.[2H]C([2H])(c1ccnc(-c2[c-]ccc3c2oc2cc(-c4ccccc4)ccc23)c1)C(C)C.[Ir]. The van der Waals surface area contributed by atoms with Gasteiger partial charge in [0.1, 0.15) is 5.58 Å². The first-order valence-electron chi connectivity index (χ1n) is 18.4. The number of hydrogen-bond acceptors (Lipinski definition) is 3. The average molecular weight is 873 g/mol. The van der Waals surface area contributed by atoms with Gasteiger partial charge in [0, 0.05) is 40.6 Å². The Kier molecular flexibility index (Phi) is 10.6. The Morgan fingerprint density at radius 3 is 2.02 bits per heavy atom. The monoisotopic (exact) mass is 873 g/mol. The van der Waals surface area contributed by atoms with E-state index in [0.29, 0.717) is 11.3 Å². The molecule has 261 valence electrons. The Morgan fingerprint density at radius 2 is 1.37 bits per heavy atom.